The van der Waals surface area contributed by atoms with Crippen molar-refractivity contribution in [3.8, 4) is 0 Å². The Morgan fingerprint density at radius 2 is 2.22 bits per heavy atom. The molecule has 0 radical (unpaired) electrons. The standard InChI is InChI=1S/C13H12O3Se2/c1-2-16-12(15)8-17-13-10(7-14)9-5-3-4-6-11(9)18-13/h3-7H,2,8H2,1H3. The van der Waals surface area contributed by atoms with Gasteiger partial charge in [0.1, 0.15) is 0 Å². The second-order valence-electron chi connectivity index (χ2n) is 3.51. The van der Waals surface area contributed by atoms with Gasteiger partial charge < -0.3 is 0 Å². The molecule has 1 aromatic carbocycles. The Balaban J connectivity index is 2.22. The SMILES string of the molecule is CCOC(=O)C[Se]c1[se]c2ccccc2c1C=O. The summed E-state index contributed by atoms with van der Waals surface area (Å²) in [4.78, 5) is 22.6. The Morgan fingerprint density at radius 1 is 1.44 bits per heavy atom. The molecule has 0 saturated heterocycles. The van der Waals surface area contributed by atoms with Crippen LogP contribution in [0, 0.1) is 0 Å². The average molecular weight is 374 g/mol. The van der Waals surface area contributed by atoms with E-state index in [0.717, 1.165) is 17.2 Å². The van der Waals surface area contributed by atoms with E-state index in [4.69, 9.17) is 4.74 Å². The van der Waals surface area contributed by atoms with Crippen LogP contribution in [-0.4, -0.2) is 48.3 Å². The summed E-state index contributed by atoms with van der Waals surface area (Å²) in [6.45, 7) is 2.22. The Morgan fingerprint density at radius 3 is 2.94 bits per heavy atom. The van der Waals surface area contributed by atoms with E-state index >= 15 is 0 Å². The van der Waals surface area contributed by atoms with E-state index in [1.165, 1.54) is 7.60 Å². The third kappa shape index (κ3) is 2.93. The Labute approximate surface area is 117 Å². The Kier molecular flexibility index (Phi) is 4.78. The summed E-state index contributed by atoms with van der Waals surface area (Å²) in [6.07, 6.45) is 0.926. The van der Waals surface area contributed by atoms with E-state index in [-0.39, 0.29) is 35.4 Å². The van der Waals surface area contributed by atoms with Crippen LogP contribution in [0.3, 0.4) is 0 Å². The molecule has 0 saturated carbocycles. The molecule has 0 aliphatic rings. The summed E-state index contributed by atoms with van der Waals surface area (Å²) in [6, 6.07) is 7.98. The number of hydrogen-bond donors (Lipinski definition) is 0. The summed E-state index contributed by atoms with van der Waals surface area (Å²) in [7, 11) is 0. The molecule has 0 aliphatic carbocycles. The molecule has 0 atom stereocenters. The molecule has 0 fully saturated rings. The number of fused-ring (bicyclic) bond motifs is 1. The first-order valence-corrected chi connectivity index (χ1v) is 9.29. The normalized spacial score (nSPS) is 10.5. The van der Waals surface area contributed by atoms with Crippen LogP contribution >= 0.6 is 0 Å². The van der Waals surface area contributed by atoms with Crippen molar-refractivity contribution in [1.29, 1.82) is 0 Å². The molecule has 0 unspecified atom stereocenters. The first-order chi connectivity index (χ1) is 8.76. The van der Waals surface area contributed by atoms with E-state index < -0.39 is 0 Å². The van der Waals surface area contributed by atoms with Gasteiger partial charge in [-0.15, -0.1) is 0 Å². The van der Waals surface area contributed by atoms with Gasteiger partial charge in [0.25, 0.3) is 0 Å². The van der Waals surface area contributed by atoms with E-state index in [2.05, 4.69) is 6.07 Å². The zero-order valence-electron chi connectivity index (χ0n) is 9.84. The zero-order chi connectivity index (χ0) is 13.0. The summed E-state index contributed by atoms with van der Waals surface area (Å²) >= 11 is 0.223. The van der Waals surface area contributed by atoms with Gasteiger partial charge in [0.15, 0.2) is 0 Å². The van der Waals surface area contributed by atoms with Crippen LogP contribution in [0.2, 0.25) is 5.32 Å². The molecular weight excluding hydrogens is 362 g/mol. The molecule has 1 aromatic heterocycles. The molecule has 5 heteroatoms. The minimum atomic E-state index is -0.165. The van der Waals surface area contributed by atoms with Crippen LogP contribution in [0.5, 0.6) is 0 Å². The van der Waals surface area contributed by atoms with Crippen molar-refractivity contribution in [1.82, 2.24) is 0 Å². The minimum absolute atomic E-state index is 0.0293. The second-order valence-corrected chi connectivity index (χ2v) is 9.10. The van der Waals surface area contributed by atoms with Gasteiger partial charge in [0, 0.05) is 0 Å². The molecular formula is C13H12O3Se2. The molecule has 0 bridgehead atoms. The van der Waals surface area contributed by atoms with Gasteiger partial charge in [-0.05, 0) is 0 Å². The molecule has 18 heavy (non-hydrogen) atoms. The van der Waals surface area contributed by atoms with Gasteiger partial charge in [-0.2, -0.15) is 0 Å². The molecule has 3 nitrogen and oxygen atoms in total. The number of hydrogen-bond acceptors (Lipinski definition) is 3. The van der Waals surface area contributed by atoms with Crippen molar-refractivity contribution in [2.75, 3.05) is 6.61 Å². The Bertz CT molecular complexity index is 575. The van der Waals surface area contributed by atoms with Gasteiger partial charge in [-0.3, -0.25) is 0 Å². The van der Waals surface area contributed by atoms with Crippen LogP contribution in [0.15, 0.2) is 24.3 Å². The van der Waals surface area contributed by atoms with Crippen molar-refractivity contribution in [2.45, 2.75) is 12.2 Å². The van der Waals surface area contributed by atoms with Crippen molar-refractivity contribution in [3.05, 3.63) is 29.8 Å². The third-order valence-corrected chi connectivity index (χ3v) is 8.40. The Hall–Kier alpha value is -0.861. The number of esters is 1. The molecule has 2 aromatic rings. The van der Waals surface area contributed by atoms with Crippen LogP contribution in [-0.2, 0) is 9.53 Å². The quantitative estimate of drug-likeness (QED) is 0.446. The molecule has 94 valence electrons. The fraction of sp³-hybridized carbons (Fsp3) is 0.231. The van der Waals surface area contributed by atoms with Crippen molar-refractivity contribution < 1.29 is 14.3 Å². The van der Waals surface area contributed by atoms with Gasteiger partial charge in [0.2, 0.25) is 0 Å². The van der Waals surface area contributed by atoms with E-state index in [1.54, 1.807) is 6.92 Å². The fourth-order valence-corrected chi connectivity index (χ4v) is 7.22. The number of aldehydes is 1. The number of benzene rings is 1. The van der Waals surface area contributed by atoms with Gasteiger partial charge in [-0.25, -0.2) is 0 Å². The van der Waals surface area contributed by atoms with Crippen molar-refractivity contribution in [3.63, 3.8) is 0 Å². The first-order valence-electron chi connectivity index (χ1n) is 5.51. The summed E-state index contributed by atoms with van der Waals surface area (Å²) in [5, 5.41) is 1.47. The molecule has 2 rings (SSSR count). The van der Waals surface area contributed by atoms with Crippen LogP contribution in [0.1, 0.15) is 17.3 Å². The fourth-order valence-electron chi connectivity index (χ4n) is 1.59. The predicted molar refractivity (Wildman–Crippen MR) is 73.1 cm³/mol. The first kappa shape index (κ1) is 13.6. The third-order valence-electron chi connectivity index (χ3n) is 2.34. The summed E-state index contributed by atoms with van der Waals surface area (Å²) in [5.74, 6) is -0.165. The number of ether oxygens (including phenoxy) is 1. The van der Waals surface area contributed by atoms with Crippen molar-refractivity contribution >= 4 is 54.7 Å². The molecule has 1 heterocycles. The maximum atomic E-state index is 11.4. The van der Waals surface area contributed by atoms with Crippen LogP contribution in [0.4, 0.5) is 0 Å². The van der Waals surface area contributed by atoms with Gasteiger partial charge in [0.05, 0.1) is 0 Å². The van der Waals surface area contributed by atoms with E-state index in [0.29, 0.717) is 11.9 Å². The van der Waals surface area contributed by atoms with Crippen LogP contribution in [0.25, 0.3) is 9.65 Å². The molecule has 0 aliphatic heterocycles. The van der Waals surface area contributed by atoms with Crippen molar-refractivity contribution in [2.24, 2.45) is 0 Å². The zero-order valence-corrected chi connectivity index (χ0v) is 13.3. The molecule has 0 amide bonds. The van der Waals surface area contributed by atoms with E-state index in [1.807, 2.05) is 18.2 Å². The summed E-state index contributed by atoms with van der Waals surface area (Å²) < 4.78 is 7.33. The number of rotatable bonds is 5. The molecule has 0 spiro atoms. The average Bonchev–Trinajstić information content (AvgIpc) is 2.74. The number of carbonyl (C=O) groups excluding carboxylic acids is 2. The maximum absolute atomic E-state index is 11.4. The molecule has 0 N–H and O–H groups in total. The van der Waals surface area contributed by atoms with Gasteiger partial charge >= 0.3 is 118 Å². The number of carbonyl (C=O) groups is 2. The summed E-state index contributed by atoms with van der Waals surface area (Å²) in [5.41, 5.74) is 0.801. The predicted octanol–water partition coefficient (Wildman–Crippen LogP) is 1.02. The monoisotopic (exact) mass is 376 g/mol. The van der Waals surface area contributed by atoms with Gasteiger partial charge in [-0.1, -0.05) is 0 Å². The van der Waals surface area contributed by atoms with Crippen LogP contribution < -0.4 is 3.34 Å². The second kappa shape index (κ2) is 6.35. The topological polar surface area (TPSA) is 43.4 Å². The van der Waals surface area contributed by atoms with E-state index in [9.17, 15) is 9.59 Å².